The van der Waals surface area contributed by atoms with Crippen LogP contribution in [0.3, 0.4) is 0 Å². The van der Waals surface area contributed by atoms with Gasteiger partial charge in [0, 0.05) is 31.2 Å². The molecule has 0 bridgehead atoms. The van der Waals surface area contributed by atoms with Crippen LogP contribution in [0.5, 0.6) is 0 Å². The van der Waals surface area contributed by atoms with Crippen LogP contribution in [0.1, 0.15) is 12.5 Å². The Bertz CT molecular complexity index is 1010. The third-order valence-electron chi connectivity index (χ3n) is 4.19. The van der Waals surface area contributed by atoms with E-state index in [-0.39, 0.29) is 0 Å². The van der Waals surface area contributed by atoms with Gasteiger partial charge in [0.05, 0.1) is 5.52 Å². The Balaban J connectivity index is 1.73. The first-order chi connectivity index (χ1) is 12.8. The molecule has 0 saturated carbocycles. The highest BCUT2D eigenvalue weighted by atomic mass is 32.2. The molecule has 0 spiro atoms. The van der Waals surface area contributed by atoms with E-state index >= 15 is 0 Å². The van der Waals surface area contributed by atoms with Crippen molar-refractivity contribution in [1.82, 2.24) is 4.98 Å². The molecular weight excluding hydrogens is 354 g/mol. The lowest BCUT2D eigenvalue weighted by Gasteiger charge is -2.12. The molecule has 4 rings (SSSR count). The Kier molecular flexibility index (Phi) is 5.28. The first-order valence-electron chi connectivity index (χ1n) is 8.71. The summed E-state index contributed by atoms with van der Waals surface area (Å²) in [6, 6.07) is 27.7. The van der Waals surface area contributed by atoms with Crippen molar-refractivity contribution >= 4 is 34.4 Å². The molecule has 0 aliphatic heterocycles. The Morgan fingerprint density at radius 1 is 0.731 bits per heavy atom. The maximum atomic E-state index is 4.73. The van der Waals surface area contributed by atoms with Gasteiger partial charge in [-0.25, -0.2) is 0 Å². The van der Waals surface area contributed by atoms with Crippen LogP contribution in [0.15, 0.2) is 105 Å². The third-order valence-corrected chi connectivity index (χ3v) is 6.38. The molecule has 0 unspecified atom stereocenters. The molecule has 3 heteroatoms. The molecule has 0 amide bonds. The number of rotatable bonds is 5. The summed E-state index contributed by atoms with van der Waals surface area (Å²) in [7, 11) is 0. The summed E-state index contributed by atoms with van der Waals surface area (Å²) in [4.78, 5) is 9.78. The number of aryl methyl sites for hydroxylation is 1. The highest BCUT2D eigenvalue weighted by Gasteiger charge is 2.10. The highest BCUT2D eigenvalue weighted by molar-refractivity contribution is 7.99. The van der Waals surface area contributed by atoms with E-state index in [2.05, 4.69) is 79.7 Å². The highest BCUT2D eigenvalue weighted by Crippen LogP contribution is 2.37. The zero-order chi connectivity index (χ0) is 17.8. The van der Waals surface area contributed by atoms with Gasteiger partial charge in [-0.3, -0.25) is 4.98 Å². The monoisotopic (exact) mass is 373 g/mol. The van der Waals surface area contributed by atoms with Crippen LogP contribution in [0.4, 0.5) is 0 Å². The Morgan fingerprint density at radius 3 is 2.04 bits per heavy atom. The van der Waals surface area contributed by atoms with E-state index in [1.54, 1.807) is 11.8 Å². The zero-order valence-electron chi connectivity index (χ0n) is 14.6. The molecule has 1 nitrogen and oxygen atoms in total. The summed E-state index contributed by atoms with van der Waals surface area (Å²) in [5.74, 6) is 0. The van der Waals surface area contributed by atoms with Crippen molar-refractivity contribution in [3.8, 4) is 0 Å². The molecule has 128 valence electrons. The molecule has 0 N–H and O–H groups in total. The van der Waals surface area contributed by atoms with Crippen molar-refractivity contribution in [2.75, 3.05) is 0 Å². The standard InChI is InChI=1S/C23H19NS2/c1-2-17-16-24-22-15-20(25-18-9-5-3-6-10-18)13-14-21(22)23(17)26-19-11-7-4-8-12-19/h3-16H,2H2,1H3. The van der Waals surface area contributed by atoms with E-state index in [0.717, 1.165) is 11.9 Å². The van der Waals surface area contributed by atoms with Gasteiger partial charge in [-0.15, -0.1) is 0 Å². The van der Waals surface area contributed by atoms with Crippen LogP contribution in [0, 0.1) is 0 Å². The fourth-order valence-corrected chi connectivity index (χ4v) is 4.87. The number of pyridine rings is 1. The molecule has 0 radical (unpaired) electrons. The minimum Gasteiger partial charge on any atom is -0.256 e. The van der Waals surface area contributed by atoms with Gasteiger partial charge >= 0.3 is 0 Å². The van der Waals surface area contributed by atoms with E-state index in [9.17, 15) is 0 Å². The number of nitrogens with zero attached hydrogens (tertiary/aromatic N) is 1. The number of benzene rings is 3. The third kappa shape index (κ3) is 3.79. The van der Waals surface area contributed by atoms with Crippen LogP contribution in [-0.2, 0) is 6.42 Å². The number of hydrogen-bond acceptors (Lipinski definition) is 3. The molecule has 0 atom stereocenters. The van der Waals surface area contributed by atoms with Crippen LogP contribution >= 0.6 is 23.5 Å². The van der Waals surface area contributed by atoms with Crippen molar-refractivity contribution in [3.05, 3.63) is 90.6 Å². The summed E-state index contributed by atoms with van der Waals surface area (Å²) in [6.45, 7) is 2.19. The normalized spacial score (nSPS) is 11.0. The maximum Gasteiger partial charge on any atom is 0.0724 e. The molecule has 26 heavy (non-hydrogen) atoms. The van der Waals surface area contributed by atoms with Gasteiger partial charge in [0.1, 0.15) is 0 Å². The SMILES string of the molecule is CCc1cnc2cc(Sc3ccccc3)ccc2c1Sc1ccccc1. The number of aromatic nitrogens is 1. The topological polar surface area (TPSA) is 12.9 Å². The van der Waals surface area contributed by atoms with Crippen molar-refractivity contribution in [1.29, 1.82) is 0 Å². The van der Waals surface area contributed by atoms with Gasteiger partial charge in [-0.05, 0) is 48.4 Å². The average Bonchev–Trinajstić information content (AvgIpc) is 2.70. The summed E-state index contributed by atoms with van der Waals surface area (Å²) >= 11 is 3.61. The van der Waals surface area contributed by atoms with Gasteiger partial charge in [0.2, 0.25) is 0 Å². The van der Waals surface area contributed by atoms with E-state index < -0.39 is 0 Å². The van der Waals surface area contributed by atoms with Crippen LogP contribution in [-0.4, -0.2) is 4.98 Å². The first-order valence-corrected chi connectivity index (χ1v) is 10.3. The zero-order valence-corrected chi connectivity index (χ0v) is 16.2. The Labute approximate surface area is 162 Å². The smallest absolute Gasteiger partial charge is 0.0724 e. The molecule has 0 aliphatic carbocycles. The van der Waals surface area contributed by atoms with Crippen LogP contribution < -0.4 is 0 Å². The lowest BCUT2D eigenvalue weighted by atomic mass is 10.1. The summed E-state index contributed by atoms with van der Waals surface area (Å²) in [6.07, 6.45) is 3.02. The predicted octanol–water partition coefficient (Wildman–Crippen LogP) is 7.10. The largest absolute Gasteiger partial charge is 0.256 e. The molecule has 0 aliphatic rings. The minimum atomic E-state index is 0.985. The molecule has 1 heterocycles. The van der Waals surface area contributed by atoms with Crippen LogP contribution in [0.25, 0.3) is 10.9 Å². The second-order valence-electron chi connectivity index (χ2n) is 5.98. The number of fused-ring (bicyclic) bond motifs is 1. The van der Waals surface area contributed by atoms with Gasteiger partial charge in [-0.1, -0.05) is 72.9 Å². The first kappa shape index (κ1) is 17.2. The Hall–Kier alpha value is -2.23. The van der Waals surface area contributed by atoms with Gasteiger partial charge in [0.25, 0.3) is 0 Å². The quantitative estimate of drug-likeness (QED) is 0.370. The maximum absolute atomic E-state index is 4.73. The van der Waals surface area contributed by atoms with Gasteiger partial charge in [-0.2, -0.15) is 0 Å². The fourth-order valence-electron chi connectivity index (χ4n) is 2.86. The molecule has 0 saturated heterocycles. The second kappa shape index (κ2) is 7.98. The van der Waals surface area contributed by atoms with Crippen molar-refractivity contribution < 1.29 is 0 Å². The second-order valence-corrected chi connectivity index (χ2v) is 8.21. The van der Waals surface area contributed by atoms with E-state index in [0.29, 0.717) is 0 Å². The molecular formula is C23H19NS2. The summed E-state index contributed by atoms with van der Waals surface area (Å²) < 4.78 is 0. The van der Waals surface area contributed by atoms with Crippen LogP contribution in [0.2, 0.25) is 0 Å². The van der Waals surface area contributed by atoms with E-state index in [1.807, 2.05) is 24.0 Å². The number of hydrogen-bond donors (Lipinski definition) is 0. The van der Waals surface area contributed by atoms with Crippen molar-refractivity contribution in [3.63, 3.8) is 0 Å². The lowest BCUT2D eigenvalue weighted by Crippen LogP contribution is -1.91. The van der Waals surface area contributed by atoms with Crippen molar-refractivity contribution in [2.24, 2.45) is 0 Å². The molecule has 3 aromatic carbocycles. The molecule has 4 aromatic rings. The summed E-state index contributed by atoms with van der Waals surface area (Å²) in [5.41, 5.74) is 2.36. The molecule has 0 fully saturated rings. The average molecular weight is 374 g/mol. The Morgan fingerprint density at radius 2 is 1.38 bits per heavy atom. The van der Waals surface area contributed by atoms with Crippen molar-refractivity contribution in [2.45, 2.75) is 32.9 Å². The molecule has 1 aromatic heterocycles. The fraction of sp³-hybridized carbons (Fsp3) is 0.0870. The predicted molar refractivity (Wildman–Crippen MR) is 112 cm³/mol. The minimum absolute atomic E-state index is 0.985. The summed E-state index contributed by atoms with van der Waals surface area (Å²) in [5, 5.41) is 1.23. The van der Waals surface area contributed by atoms with Gasteiger partial charge < -0.3 is 0 Å². The van der Waals surface area contributed by atoms with E-state index in [4.69, 9.17) is 4.98 Å². The van der Waals surface area contributed by atoms with E-state index in [1.165, 1.54) is 30.5 Å². The van der Waals surface area contributed by atoms with Gasteiger partial charge in [0.15, 0.2) is 0 Å². The lowest BCUT2D eigenvalue weighted by molar-refractivity contribution is 1.07.